The van der Waals surface area contributed by atoms with Crippen LogP contribution in [0.4, 0.5) is 5.13 Å². The molecule has 1 aromatic carbocycles. The Balaban J connectivity index is 2.13. The molecule has 2 N–H and O–H groups in total. The molecule has 0 aliphatic carbocycles. The van der Waals surface area contributed by atoms with Gasteiger partial charge in [-0.25, -0.2) is 0 Å². The normalized spacial score (nSPS) is 12.3. The number of nitrogens with one attached hydrogen (secondary N) is 2. The number of halogens is 2. The Morgan fingerprint density at radius 2 is 1.85 bits per heavy atom. The smallest absolute Gasteiger partial charge is 0.253 e. The topological polar surface area (TPSA) is 84.0 Å². The molecule has 1 unspecified atom stereocenters. The lowest BCUT2D eigenvalue weighted by molar-refractivity contribution is -0.118. The number of aromatic nitrogens is 2. The first kappa shape index (κ1) is 21.6. The number of hydrogen-bond donors (Lipinski definition) is 2. The van der Waals surface area contributed by atoms with Crippen molar-refractivity contribution >= 4 is 51.5 Å². The minimum absolute atomic E-state index is 0.197. The van der Waals surface area contributed by atoms with Crippen LogP contribution in [0, 0.1) is 5.92 Å². The Kier molecular flexibility index (Phi) is 7.59. The third kappa shape index (κ3) is 6.16. The van der Waals surface area contributed by atoms with E-state index in [2.05, 4.69) is 20.8 Å². The van der Waals surface area contributed by atoms with E-state index in [-0.39, 0.29) is 28.3 Å². The van der Waals surface area contributed by atoms with Crippen molar-refractivity contribution in [3.05, 3.63) is 38.8 Å². The van der Waals surface area contributed by atoms with E-state index in [0.717, 1.165) is 5.01 Å². The van der Waals surface area contributed by atoms with Gasteiger partial charge in [0.25, 0.3) is 5.91 Å². The molecule has 9 heteroatoms. The second-order valence-electron chi connectivity index (χ2n) is 6.87. The molecule has 6 nitrogen and oxygen atoms in total. The Labute approximate surface area is 172 Å². The average Bonchev–Trinajstić information content (AvgIpc) is 3.02. The van der Waals surface area contributed by atoms with E-state index in [9.17, 15) is 9.59 Å². The summed E-state index contributed by atoms with van der Waals surface area (Å²) in [6.45, 7) is 7.96. The highest BCUT2D eigenvalue weighted by molar-refractivity contribution is 7.15. The summed E-state index contributed by atoms with van der Waals surface area (Å²) in [6.07, 6.45) is 0.471. The van der Waals surface area contributed by atoms with Crippen molar-refractivity contribution in [2.45, 2.75) is 46.1 Å². The molecular weight excluding hydrogens is 407 g/mol. The molecule has 1 heterocycles. The quantitative estimate of drug-likeness (QED) is 0.665. The molecular formula is C18H22Cl2N4O2S. The summed E-state index contributed by atoms with van der Waals surface area (Å²) in [5.74, 6) is -0.347. The number of hydrogen-bond acceptors (Lipinski definition) is 5. The zero-order valence-electron chi connectivity index (χ0n) is 15.5. The first-order valence-corrected chi connectivity index (χ1v) is 10.1. The van der Waals surface area contributed by atoms with Crippen LogP contribution in [0.2, 0.25) is 10.0 Å². The minimum atomic E-state index is -0.726. The van der Waals surface area contributed by atoms with Crippen LogP contribution in [0.5, 0.6) is 0 Å². The number of amides is 2. The summed E-state index contributed by atoms with van der Waals surface area (Å²) in [5.41, 5.74) is 0.264. The second-order valence-corrected chi connectivity index (χ2v) is 8.72. The number of anilines is 1. The van der Waals surface area contributed by atoms with Gasteiger partial charge in [-0.2, -0.15) is 0 Å². The van der Waals surface area contributed by atoms with E-state index in [1.807, 2.05) is 27.7 Å². The van der Waals surface area contributed by atoms with Crippen LogP contribution in [0.3, 0.4) is 0 Å². The summed E-state index contributed by atoms with van der Waals surface area (Å²) in [7, 11) is 0. The molecule has 0 aliphatic heterocycles. The third-order valence-corrected chi connectivity index (χ3v) is 5.36. The molecule has 0 radical (unpaired) electrons. The predicted octanol–water partition coefficient (Wildman–Crippen LogP) is 4.75. The largest absolute Gasteiger partial charge is 0.340 e. The zero-order chi connectivity index (χ0) is 20.1. The van der Waals surface area contributed by atoms with E-state index in [1.54, 1.807) is 6.07 Å². The second kappa shape index (κ2) is 9.48. The van der Waals surface area contributed by atoms with E-state index in [4.69, 9.17) is 23.2 Å². The molecule has 27 heavy (non-hydrogen) atoms. The maximum atomic E-state index is 12.7. The molecule has 2 aromatic rings. The lowest BCUT2D eigenvalue weighted by Gasteiger charge is -2.19. The summed E-state index contributed by atoms with van der Waals surface area (Å²) in [5, 5.41) is 15.5. The van der Waals surface area contributed by atoms with E-state index in [1.165, 1.54) is 23.5 Å². The number of rotatable bonds is 7. The number of carbonyl (C=O) groups is 2. The van der Waals surface area contributed by atoms with Gasteiger partial charge in [0.05, 0.1) is 10.6 Å². The Morgan fingerprint density at radius 1 is 1.15 bits per heavy atom. The number of carbonyl (C=O) groups excluding carboxylic acids is 2. The van der Waals surface area contributed by atoms with Crippen LogP contribution in [0.25, 0.3) is 0 Å². The van der Waals surface area contributed by atoms with Gasteiger partial charge >= 0.3 is 0 Å². The van der Waals surface area contributed by atoms with Crippen molar-refractivity contribution in [1.82, 2.24) is 15.5 Å². The van der Waals surface area contributed by atoms with Crippen LogP contribution in [-0.2, 0) is 4.79 Å². The molecule has 0 saturated heterocycles. The molecule has 146 valence electrons. The van der Waals surface area contributed by atoms with Gasteiger partial charge in [0, 0.05) is 10.9 Å². The summed E-state index contributed by atoms with van der Waals surface area (Å²) < 4.78 is 0. The fourth-order valence-electron chi connectivity index (χ4n) is 2.32. The molecule has 0 saturated carbocycles. The van der Waals surface area contributed by atoms with Gasteiger partial charge in [0.1, 0.15) is 11.0 Å². The predicted molar refractivity (Wildman–Crippen MR) is 110 cm³/mol. The van der Waals surface area contributed by atoms with Crippen LogP contribution < -0.4 is 10.6 Å². The van der Waals surface area contributed by atoms with E-state index in [0.29, 0.717) is 16.6 Å². The van der Waals surface area contributed by atoms with Crippen molar-refractivity contribution in [2.24, 2.45) is 5.92 Å². The van der Waals surface area contributed by atoms with Crippen LogP contribution in [-0.4, -0.2) is 28.1 Å². The number of nitrogens with zero attached hydrogens (tertiary/aromatic N) is 2. The SMILES string of the molecule is CC(C)CC(NC(=O)c1ccc(Cl)cc1Cl)C(=O)Nc1nnc(C(C)C)s1. The average molecular weight is 429 g/mol. The summed E-state index contributed by atoms with van der Waals surface area (Å²) >= 11 is 13.3. The maximum absolute atomic E-state index is 12.7. The Bertz CT molecular complexity index is 823. The first-order chi connectivity index (χ1) is 12.7. The minimum Gasteiger partial charge on any atom is -0.340 e. The van der Waals surface area contributed by atoms with E-state index >= 15 is 0 Å². The highest BCUT2D eigenvalue weighted by atomic mass is 35.5. The first-order valence-electron chi connectivity index (χ1n) is 8.57. The molecule has 0 spiro atoms. The van der Waals surface area contributed by atoms with Crippen molar-refractivity contribution in [3.8, 4) is 0 Å². The van der Waals surface area contributed by atoms with Crippen LogP contribution in [0.1, 0.15) is 55.4 Å². The van der Waals surface area contributed by atoms with Crippen molar-refractivity contribution in [3.63, 3.8) is 0 Å². The lowest BCUT2D eigenvalue weighted by atomic mass is 10.0. The Hall–Kier alpha value is -1.70. The zero-order valence-corrected chi connectivity index (χ0v) is 17.9. The standard InChI is InChI=1S/C18H22Cl2N4O2S/c1-9(2)7-14(16(26)22-18-24-23-17(27-18)10(3)4)21-15(25)12-6-5-11(19)8-13(12)20/h5-6,8-10,14H,7H2,1-4H3,(H,21,25)(H,22,24,26). The van der Waals surface area contributed by atoms with Gasteiger partial charge < -0.3 is 5.32 Å². The van der Waals surface area contributed by atoms with Gasteiger partial charge in [0.2, 0.25) is 11.0 Å². The highest BCUT2D eigenvalue weighted by Gasteiger charge is 2.24. The highest BCUT2D eigenvalue weighted by Crippen LogP contribution is 2.23. The number of benzene rings is 1. The van der Waals surface area contributed by atoms with Crippen molar-refractivity contribution in [1.29, 1.82) is 0 Å². The summed E-state index contributed by atoms with van der Waals surface area (Å²) in [6, 6.07) is 3.87. The van der Waals surface area contributed by atoms with Crippen molar-refractivity contribution < 1.29 is 9.59 Å². The molecule has 0 aliphatic rings. The van der Waals surface area contributed by atoms with Gasteiger partial charge in [0.15, 0.2) is 0 Å². The molecule has 0 fully saturated rings. The molecule has 2 rings (SSSR count). The molecule has 1 atom stereocenters. The third-order valence-electron chi connectivity index (χ3n) is 3.67. The lowest BCUT2D eigenvalue weighted by Crippen LogP contribution is -2.44. The Morgan fingerprint density at radius 3 is 2.41 bits per heavy atom. The maximum Gasteiger partial charge on any atom is 0.253 e. The molecule has 1 aromatic heterocycles. The monoisotopic (exact) mass is 428 g/mol. The molecule has 0 bridgehead atoms. The fraction of sp³-hybridized carbons (Fsp3) is 0.444. The molecule has 2 amide bonds. The van der Waals surface area contributed by atoms with Gasteiger partial charge in [-0.1, -0.05) is 62.2 Å². The summed E-state index contributed by atoms with van der Waals surface area (Å²) in [4.78, 5) is 25.3. The van der Waals surface area contributed by atoms with Crippen molar-refractivity contribution in [2.75, 3.05) is 5.32 Å². The van der Waals surface area contributed by atoms with Gasteiger partial charge in [-0.15, -0.1) is 10.2 Å². The van der Waals surface area contributed by atoms with Crippen LogP contribution >= 0.6 is 34.5 Å². The van der Waals surface area contributed by atoms with Gasteiger partial charge in [-0.05, 0) is 30.5 Å². The van der Waals surface area contributed by atoms with E-state index < -0.39 is 11.9 Å². The van der Waals surface area contributed by atoms with Crippen LogP contribution in [0.15, 0.2) is 18.2 Å². The fourth-order valence-corrected chi connectivity index (χ4v) is 3.57. The van der Waals surface area contributed by atoms with Gasteiger partial charge in [-0.3, -0.25) is 14.9 Å².